The van der Waals surface area contributed by atoms with Crippen LogP contribution in [0.4, 0.5) is 19.7 Å². The first kappa shape index (κ1) is 24.4. The molecule has 1 aromatic carbocycles. The molecule has 0 radical (unpaired) electrons. The molecule has 0 amide bonds. The number of benzene rings is 1. The summed E-state index contributed by atoms with van der Waals surface area (Å²) < 4.78 is 56.7. The second-order valence-corrected chi connectivity index (χ2v) is 11.1. The topological polar surface area (TPSA) is 121 Å². The molecule has 0 bridgehead atoms. The Labute approximate surface area is 200 Å². The summed E-state index contributed by atoms with van der Waals surface area (Å²) in [4.78, 5) is 20.8. The van der Waals surface area contributed by atoms with Gasteiger partial charge in [0, 0.05) is 25.6 Å². The molecule has 0 saturated carbocycles. The van der Waals surface area contributed by atoms with E-state index in [-0.39, 0.29) is 22.5 Å². The third kappa shape index (κ3) is 5.47. The van der Waals surface area contributed by atoms with Crippen molar-refractivity contribution in [1.82, 2.24) is 9.29 Å². The number of nitrogens with one attached hydrogen (secondary N) is 1. The highest BCUT2D eigenvalue weighted by Crippen LogP contribution is 2.30. The standard InChI is InChI=1S/C21H24F2N6O3S2/c22-15-3-1-4-16(23)17(15)18(30)19-20(24)27-21(33-19)26-14-5-9-29(10-6-14)34(31,32)12-2-8-28-11-7-25-13-28/h1,3-4,11,13-14H,2,5-10,12H2,(H2-,24,26,27,30)/p+1. The van der Waals surface area contributed by atoms with Crippen molar-refractivity contribution in [3.05, 3.63) is 40.3 Å². The molecule has 1 fully saturated rings. The molecule has 9 nitrogen and oxygen atoms in total. The van der Waals surface area contributed by atoms with Gasteiger partial charge in [-0.2, -0.15) is 0 Å². The maximum Gasteiger partial charge on any atom is 0.280 e. The Morgan fingerprint density at radius 1 is 1.26 bits per heavy atom. The SMILES string of the molecule is Nc1nc(NC2CCN(S(=O)(=O)CCC[N+]3=CCN=C3)CC2)sc1C(=O)c1c(F)cccc1F. The van der Waals surface area contributed by atoms with Crippen LogP contribution in [0.15, 0.2) is 23.2 Å². The van der Waals surface area contributed by atoms with E-state index >= 15 is 0 Å². The quantitative estimate of drug-likeness (QED) is 0.392. The number of hydrogen-bond acceptors (Lipinski definition) is 8. The molecule has 2 aliphatic rings. The van der Waals surface area contributed by atoms with Crippen molar-refractivity contribution in [2.75, 3.05) is 43.0 Å². The molecule has 2 aliphatic heterocycles. The maximum absolute atomic E-state index is 14.0. The molecule has 34 heavy (non-hydrogen) atoms. The van der Waals surface area contributed by atoms with Gasteiger partial charge in [-0.1, -0.05) is 22.4 Å². The molecule has 13 heteroatoms. The van der Waals surface area contributed by atoms with E-state index in [9.17, 15) is 22.0 Å². The zero-order valence-corrected chi connectivity index (χ0v) is 19.9. The lowest BCUT2D eigenvalue weighted by molar-refractivity contribution is -0.389. The number of carbonyl (C=O) groups excluding carboxylic acids is 1. The molecule has 0 spiro atoms. The predicted molar refractivity (Wildman–Crippen MR) is 127 cm³/mol. The highest BCUT2D eigenvalue weighted by molar-refractivity contribution is 7.89. The van der Waals surface area contributed by atoms with Crippen molar-refractivity contribution in [3.63, 3.8) is 0 Å². The fourth-order valence-corrected chi connectivity index (χ4v) is 6.32. The van der Waals surface area contributed by atoms with Crippen molar-refractivity contribution in [1.29, 1.82) is 0 Å². The van der Waals surface area contributed by atoms with Crippen molar-refractivity contribution >= 4 is 50.6 Å². The molecule has 0 aliphatic carbocycles. The van der Waals surface area contributed by atoms with Gasteiger partial charge < -0.3 is 11.1 Å². The Balaban J connectivity index is 1.32. The number of nitrogens with zero attached hydrogens (tertiary/aromatic N) is 4. The summed E-state index contributed by atoms with van der Waals surface area (Å²) in [5.41, 5.74) is 5.18. The summed E-state index contributed by atoms with van der Waals surface area (Å²) in [6.45, 7) is 1.98. The summed E-state index contributed by atoms with van der Waals surface area (Å²) in [7, 11) is -3.35. The number of sulfonamides is 1. The molecule has 0 atom stereocenters. The van der Waals surface area contributed by atoms with E-state index in [1.165, 1.54) is 10.4 Å². The van der Waals surface area contributed by atoms with Crippen LogP contribution < -0.4 is 11.1 Å². The monoisotopic (exact) mass is 511 g/mol. The minimum Gasteiger partial charge on any atom is -0.382 e. The lowest BCUT2D eigenvalue weighted by Gasteiger charge is -2.31. The first-order valence-electron chi connectivity index (χ1n) is 10.8. The minimum absolute atomic E-state index is 0.0493. The van der Waals surface area contributed by atoms with Crippen molar-refractivity contribution < 1.29 is 26.6 Å². The van der Waals surface area contributed by atoms with Crippen LogP contribution in [0, 0.1) is 11.6 Å². The third-order valence-corrected chi connectivity index (χ3v) is 8.65. The summed E-state index contributed by atoms with van der Waals surface area (Å²) >= 11 is 0.923. The van der Waals surface area contributed by atoms with E-state index in [2.05, 4.69) is 15.3 Å². The predicted octanol–water partition coefficient (Wildman–Crippen LogP) is 1.96. The zero-order chi connectivity index (χ0) is 24.3. The highest BCUT2D eigenvalue weighted by Gasteiger charge is 2.29. The summed E-state index contributed by atoms with van der Waals surface area (Å²) in [5.74, 6) is -2.83. The van der Waals surface area contributed by atoms with Gasteiger partial charge in [0.1, 0.15) is 28.5 Å². The molecule has 3 N–H and O–H groups in total. The van der Waals surface area contributed by atoms with Crippen LogP contribution in [0.1, 0.15) is 34.5 Å². The van der Waals surface area contributed by atoms with Crippen molar-refractivity contribution in [2.24, 2.45) is 4.99 Å². The lowest BCUT2D eigenvalue weighted by atomic mass is 10.1. The summed E-state index contributed by atoms with van der Waals surface area (Å²) in [6, 6.07) is 3.12. The van der Waals surface area contributed by atoms with Gasteiger partial charge in [-0.05, 0) is 25.0 Å². The highest BCUT2D eigenvalue weighted by atomic mass is 32.2. The van der Waals surface area contributed by atoms with Gasteiger partial charge in [0.05, 0.1) is 17.9 Å². The Kier molecular flexibility index (Phi) is 7.33. The van der Waals surface area contributed by atoms with Gasteiger partial charge in [0.15, 0.2) is 11.7 Å². The van der Waals surface area contributed by atoms with Gasteiger partial charge >= 0.3 is 0 Å². The Morgan fingerprint density at radius 2 is 1.97 bits per heavy atom. The van der Waals surface area contributed by atoms with Crippen LogP contribution in [0.5, 0.6) is 0 Å². The van der Waals surface area contributed by atoms with E-state index in [1.54, 1.807) is 6.34 Å². The number of aliphatic imine (C=N–C) groups is 1. The number of halogens is 2. The Bertz CT molecular complexity index is 1220. The molecule has 1 saturated heterocycles. The molecule has 1 aromatic heterocycles. The number of anilines is 2. The van der Waals surface area contributed by atoms with Crippen molar-refractivity contribution in [3.8, 4) is 0 Å². The van der Waals surface area contributed by atoms with Gasteiger partial charge in [-0.3, -0.25) is 4.79 Å². The number of ketones is 1. The summed E-state index contributed by atoms with van der Waals surface area (Å²) in [5, 5.41) is 3.52. The van der Waals surface area contributed by atoms with Crippen LogP contribution in [0.2, 0.25) is 0 Å². The van der Waals surface area contributed by atoms with E-state index in [0.717, 1.165) is 23.5 Å². The molecule has 2 aromatic rings. The molecule has 3 heterocycles. The normalized spacial score (nSPS) is 17.2. The number of nitrogen functional groups attached to an aromatic ring is 1. The van der Waals surface area contributed by atoms with Gasteiger partial charge in [0.25, 0.3) is 6.34 Å². The average Bonchev–Trinajstić information content (AvgIpc) is 3.43. The number of thiazole rings is 1. The van der Waals surface area contributed by atoms with E-state index < -0.39 is 33.0 Å². The summed E-state index contributed by atoms with van der Waals surface area (Å²) in [6.07, 6.45) is 5.25. The van der Waals surface area contributed by atoms with Gasteiger partial charge in [-0.15, -0.1) is 0 Å². The molecular weight excluding hydrogens is 486 g/mol. The number of piperidine rings is 1. The van der Waals surface area contributed by atoms with E-state index in [0.29, 0.717) is 50.6 Å². The molecule has 4 rings (SSSR count). The number of aromatic nitrogens is 1. The minimum atomic E-state index is -3.35. The van der Waals surface area contributed by atoms with Crippen molar-refractivity contribution in [2.45, 2.75) is 25.3 Å². The number of nitrogens with two attached hydrogens (primary N) is 1. The van der Waals surface area contributed by atoms with E-state index in [1.807, 2.05) is 10.8 Å². The largest absolute Gasteiger partial charge is 0.382 e. The van der Waals surface area contributed by atoms with Gasteiger partial charge in [-0.25, -0.2) is 31.1 Å². The van der Waals surface area contributed by atoms with E-state index in [4.69, 9.17) is 5.73 Å². The second-order valence-electron chi connectivity index (χ2n) is 8.05. The first-order chi connectivity index (χ1) is 16.2. The average molecular weight is 512 g/mol. The van der Waals surface area contributed by atoms with Crippen LogP contribution in [0.3, 0.4) is 0 Å². The van der Waals surface area contributed by atoms with Gasteiger partial charge in [0.2, 0.25) is 15.8 Å². The molecule has 0 unspecified atom stereocenters. The zero-order valence-electron chi connectivity index (χ0n) is 18.3. The molecule has 182 valence electrons. The van der Waals surface area contributed by atoms with Crippen LogP contribution in [0.25, 0.3) is 0 Å². The Hall–Kier alpha value is -2.77. The smallest absolute Gasteiger partial charge is 0.280 e. The van der Waals surface area contributed by atoms with Crippen LogP contribution in [-0.4, -0.2) is 78.6 Å². The fraction of sp³-hybridized carbons (Fsp3) is 0.429. The third-order valence-electron chi connectivity index (χ3n) is 5.69. The number of hydrogen-bond donors (Lipinski definition) is 2. The fourth-order valence-electron chi connectivity index (χ4n) is 3.90. The maximum atomic E-state index is 14.0. The molecular formula is C21H25F2N6O3S2+. The lowest BCUT2D eigenvalue weighted by Crippen LogP contribution is -2.43. The number of carbonyl (C=O) groups is 1. The first-order valence-corrected chi connectivity index (χ1v) is 13.3. The van der Waals surface area contributed by atoms with Crippen LogP contribution >= 0.6 is 11.3 Å². The van der Waals surface area contributed by atoms with Crippen LogP contribution in [-0.2, 0) is 10.0 Å². The second kappa shape index (κ2) is 10.2. The Morgan fingerprint density at radius 3 is 2.62 bits per heavy atom. The number of rotatable bonds is 9.